The second-order valence-electron chi connectivity index (χ2n) is 7.08. The molecule has 0 radical (unpaired) electrons. The van der Waals surface area contributed by atoms with Crippen molar-refractivity contribution in [3.8, 4) is 5.69 Å². The molecule has 6 rings (SSSR count). The van der Waals surface area contributed by atoms with Crippen LogP contribution in [0.3, 0.4) is 0 Å². The number of benzene rings is 4. The van der Waals surface area contributed by atoms with Crippen LogP contribution in [-0.2, 0) is 0 Å². The molecule has 0 aliphatic rings. The molecular formula is C25H17NS. The molecule has 2 heteroatoms. The van der Waals surface area contributed by atoms with Gasteiger partial charge in [-0.3, -0.25) is 0 Å². The number of fused-ring (bicyclic) bond motifs is 7. The molecule has 2 heterocycles. The standard InChI is InChI=1S/C25H17NS/c1-16-8-7-12-18-19-14-15-22-23(25(19)27-24(16)18)20-11-5-6-13-21(20)26(22)17-9-3-2-4-10-17/h2-15H,1H3. The Bertz CT molecular complexity index is 1470. The Morgan fingerprint density at radius 3 is 2.22 bits per heavy atom. The van der Waals surface area contributed by atoms with Crippen LogP contribution in [-0.4, -0.2) is 4.57 Å². The molecule has 0 fully saturated rings. The molecule has 0 saturated heterocycles. The maximum atomic E-state index is 2.39. The summed E-state index contributed by atoms with van der Waals surface area (Å²) >= 11 is 1.93. The van der Waals surface area contributed by atoms with Gasteiger partial charge < -0.3 is 4.57 Å². The van der Waals surface area contributed by atoms with Gasteiger partial charge in [-0.1, -0.05) is 60.7 Å². The van der Waals surface area contributed by atoms with Crippen molar-refractivity contribution in [2.75, 3.05) is 0 Å². The second kappa shape index (κ2) is 5.45. The Kier molecular flexibility index (Phi) is 3.03. The maximum Gasteiger partial charge on any atom is 0.0555 e. The fraction of sp³-hybridized carbons (Fsp3) is 0.0400. The summed E-state index contributed by atoms with van der Waals surface area (Å²) in [5.41, 5.74) is 5.11. The molecule has 0 unspecified atom stereocenters. The molecule has 27 heavy (non-hydrogen) atoms. The van der Waals surface area contributed by atoms with Crippen LogP contribution in [0.5, 0.6) is 0 Å². The normalized spacial score (nSPS) is 11.9. The molecule has 0 N–H and O–H groups in total. The SMILES string of the molecule is Cc1cccc2c1sc1c2ccc2c1c1ccccc1n2-c1ccccc1. The van der Waals surface area contributed by atoms with Gasteiger partial charge in [-0.05, 0) is 36.8 Å². The van der Waals surface area contributed by atoms with Crippen molar-refractivity contribution in [2.45, 2.75) is 6.92 Å². The number of nitrogens with zero attached hydrogens (tertiary/aromatic N) is 1. The number of aromatic nitrogens is 1. The topological polar surface area (TPSA) is 4.93 Å². The largest absolute Gasteiger partial charge is 0.309 e. The quantitative estimate of drug-likeness (QED) is 0.286. The highest BCUT2D eigenvalue weighted by molar-refractivity contribution is 7.27. The number of thiophene rings is 1. The minimum Gasteiger partial charge on any atom is -0.309 e. The Balaban J connectivity index is 1.89. The van der Waals surface area contributed by atoms with Gasteiger partial charge in [0.25, 0.3) is 0 Å². The number of para-hydroxylation sites is 2. The van der Waals surface area contributed by atoms with Crippen molar-refractivity contribution < 1.29 is 0 Å². The third-order valence-corrected chi connectivity index (χ3v) is 6.89. The van der Waals surface area contributed by atoms with E-state index < -0.39 is 0 Å². The molecule has 4 aromatic carbocycles. The number of aryl methyl sites for hydroxylation is 1. The minimum absolute atomic E-state index is 1.21. The molecule has 2 aromatic heterocycles. The zero-order chi connectivity index (χ0) is 18.0. The summed E-state index contributed by atoms with van der Waals surface area (Å²) in [4.78, 5) is 0. The van der Waals surface area contributed by atoms with E-state index in [1.54, 1.807) is 0 Å². The Morgan fingerprint density at radius 2 is 1.33 bits per heavy atom. The summed E-state index contributed by atoms with van der Waals surface area (Å²) in [5.74, 6) is 0. The fourth-order valence-corrected chi connectivity index (χ4v) is 5.63. The predicted octanol–water partition coefficient (Wildman–Crippen LogP) is 7.46. The number of hydrogen-bond donors (Lipinski definition) is 0. The van der Waals surface area contributed by atoms with Crippen molar-refractivity contribution in [2.24, 2.45) is 0 Å². The van der Waals surface area contributed by atoms with Crippen LogP contribution in [0.4, 0.5) is 0 Å². The third-order valence-electron chi connectivity index (χ3n) is 5.51. The molecule has 0 aliphatic heterocycles. The minimum atomic E-state index is 1.21. The first-order chi connectivity index (χ1) is 13.3. The lowest BCUT2D eigenvalue weighted by molar-refractivity contribution is 1.18. The van der Waals surface area contributed by atoms with Crippen molar-refractivity contribution in [1.82, 2.24) is 4.57 Å². The maximum absolute atomic E-state index is 2.39. The summed E-state index contributed by atoms with van der Waals surface area (Å²) in [7, 11) is 0. The average Bonchev–Trinajstić information content (AvgIpc) is 3.25. The zero-order valence-corrected chi connectivity index (χ0v) is 15.8. The molecule has 0 bridgehead atoms. The molecule has 128 valence electrons. The van der Waals surface area contributed by atoms with Crippen LogP contribution >= 0.6 is 11.3 Å². The van der Waals surface area contributed by atoms with Crippen molar-refractivity contribution in [3.05, 3.63) is 90.5 Å². The molecule has 0 atom stereocenters. The number of hydrogen-bond acceptors (Lipinski definition) is 1. The third kappa shape index (κ3) is 1.99. The average molecular weight is 363 g/mol. The first-order valence-electron chi connectivity index (χ1n) is 9.22. The van der Waals surface area contributed by atoms with Gasteiger partial charge in [-0.2, -0.15) is 0 Å². The second-order valence-corrected chi connectivity index (χ2v) is 8.10. The van der Waals surface area contributed by atoms with Crippen LogP contribution in [0.25, 0.3) is 47.7 Å². The molecule has 0 amide bonds. The Hall–Kier alpha value is -3.10. The smallest absolute Gasteiger partial charge is 0.0555 e. The lowest BCUT2D eigenvalue weighted by Gasteiger charge is -2.07. The van der Waals surface area contributed by atoms with E-state index in [0.29, 0.717) is 0 Å². The highest BCUT2D eigenvalue weighted by Gasteiger charge is 2.17. The highest BCUT2D eigenvalue weighted by Crippen LogP contribution is 2.43. The van der Waals surface area contributed by atoms with Gasteiger partial charge in [0, 0.05) is 36.6 Å². The molecule has 6 aromatic rings. The van der Waals surface area contributed by atoms with Gasteiger partial charge in [-0.15, -0.1) is 11.3 Å². The van der Waals surface area contributed by atoms with Gasteiger partial charge >= 0.3 is 0 Å². The first-order valence-corrected chi connectivity index (χ1v) is 10.0. The monoisotopic (exact) mass is 363 g/mol. The lowest BCUT2D eigenvalue weighted by atomic mass is 10.1. The summed E-state index contributed by atoms with van der Waals surface area (Å²) in [6.07, 6.45) is 0. The molecule has 1 nitrogen and oxygen atoms in total. The van der Waals surface area contributed by atoms with E-state index in [-0.39, 0.29) is 0 Å². The van der Waals surface area contributed by atoms with Crippen LogP contribution in [0.2, 0.25) is 0 Å². The predicted molar refractivity (Wildman–Crippen MR) is 118 cm³/mol. The molecule has 0 aliphatic carbocycles. The van der Waals surface area contributed by atoms with Crippen molar-refractivity contribution in [1.29, 1.82) is 0 Å². The van der Waals surface area contributed by atoms with Gasteiger partial charge in [0.1, 0.15) is 0 Å². The molecule has 0 saturated carbocycles. The van der Waals surface area contributed by atoms with Gasteiger partial charge in [0.05, 0.1) is 11.0 Å². The number of rotatable bonds is 1. The highest BCUT2D eigenvalue weighted by atomic mass is 32.1. The molecular weight excluding hydrogens is 346 g/mol. The first kappa shape index (κ1) is 15.0. The van der Waals surface area contributed by atoms with E-state index in [4.69, 9.17) is 0 Å². The fourth-order valence-electron chi connectivity index (χ4n) is 4.30. The van der Waals surface area contributed by atoms with E-state index >= 15 is 0 Å². The summed E-state index contributed by atoms with van der Waals surface area (Å²) in [5, 5.41) is 5.43. The van der Waals surface area contributed by atoms with Gasteiger partial charge in [-0.25, -0.2) is 0 Å². The van der Waals surface area contributed by atoms with Crippen LogP contribution < -0.4 is 0 Å². The zero-order valence-electron chi connectivity index (χ0n) is 14.9. The van der Waals surface area contributed by atoms with Gasteiger partial charge in [0.2, 0.25) is 0 Å². The van der Waals surface area contributed by atoms with E-state index in [9.17, 15) is 0 Å². The van der Waals surface area contributed by atoms with Crippen LogP contribution in [0, 0.1) is 6.92 Å². The Labute approximate surface area is 161 Å². The van der Waals surface area contributed by atoms with Crippen LogP contribution in [0.15, 0.2) is 84.9 Å². The van der Waals surface area contributed by atoms with Crippen molar-refractivity contribution in [3.63, 3.8) is 0 Å². The van der Waals surface area contributed by atoms with Gasteiger partial charge in [0.15, 0.2) is 0 Å². The van der Waals surface area contributed by atoms with E-state index in [1.165, 1.54) is 53.2 Å². The van der Waals surface area contributed by atoms with E-state index in [2.05, 4.69) is 96.4 Å². The summed E-state index contributed by atoms with van der Waals surface area (Å²) < 4.78 is 5.18. The van der Waals surface area contributed by atoms with E-state index in [0.717, 1.165) is 0 Å². The van der Waals surface area contributed by atoms with E-state index in [1.807, 2.05) is 11.3 Å². The summed E-state index contributed by atoms with van der Waals surface area (Å²) in [6.45, 7) is 2.21. The molecule has 0 spiro atoms. The van der Waals surface area contributed by atoms with Crippen LogP contribution in [0.1, 0.15) is 5.56 Å². The lowest BCUT2D eigenvalue weighted by Crippen LogP contribution is -1.92. The summed E-state index contributed by atoms with van der Waals surface area (Å²) in [6, 6.07) is 30.7. The van der Waals surface area contributed by atoms with Crippen molar-refractivity contribution >= 4 is 53.3 Å². The Morgan fingerprint density at radius 1 is 0.593 bits per heavy atom.